The molecule has 5 nitrogen and oxygen atoms in total. The summed E-state index contributed by atoms with van der Waals surface area (Å²) in [5, 5.41) is 15.3. The zero-order valence-corrected chi connectivity index (χ0v) is 10.2. The maximum absolute atomic E-state index is 12.5. The van der Waals surface area contributed by atoms with Crippen LogP contribution in [0.15, 0.2) is 24.3 Å². The topological polar surface area (TPSA) is 75.2 Å². The number of carboxylic acids is 1. The number of H-pyrrole nitrogens is 1. The fraction of sp³-hybridized carbons (Fsp3) is 0.167. The maximum atomic E-state index is 12.5. The molecule has 0 aliphatic rings. The van der Waals surface area contributed by atoms with Crippen LogP contribution in [0.5, 0.6) is 11.6 Å². The highest BCUT2D eigenvalue weighted by atomic mass is 19.4. The molecule has 0 radical (unpaired) electrons. The second-order valence-electron chi connectivity index (χ2n) is 4.01. The summed E-state index contributed by atoms with van der Waals surface area (Å²) in [6.45, 7) is 1.70. The van der Waals surface area contributed by atoms with E-state index in [4.69, 9.17) is 9.84 Å². The predicted octanol–water partition coefficient (Wildman–Crippen LogP) is 3.23. The van der Waals surface area contributed by atoms with E-state index >= 15 is 0 Å². The summed E-state index contributed by atoms with van der Waals surface area (Å²) in [6, 6.07) is 3.72. The number of aryl methyl sites for hydroxylation is 1. The zero-order valence-electron chi connectivity index (χ0n) is 10.2. The standard InChI is InChI=1S/C12H9F3N2O3/c1-6-4-10(17-16-6)20-9-3-2-7(12(13,14)15)5-8(9)11(18)19/h2-5H,1H3,(H,16,17)(H,18,19). The molecule has 0 amide bonds. The van der Waals surface area contributed by atoms with Crippen LogP contribution in [0, 0.1) is 6.92 Å². The van der Waals surface area contributed by atoms with Gasteiger partial charge in [0, 0.05) is 11.8 Å². The number of nitrogens with zero attached hydrogens (tertiary/aromatic N) is 1. The number of hydrogen-bond donors (Lipinski definition) is 2. The maximum Gasteiger partial charge on any atom is 0.416 e. The lowest BCUT2D eigenvalue weighted by atomic mass is 10.1. The van der Waals surface area contributed by atoms with E-state index in [0.717, 1.165) is 12.1 Å². The molecule has 2 N–H and O–H groups in total. The van der Waals surface area contributed by atoms with Crippen LogP contribution < -0.4 is 4.74 Å². The Morgan fingerprint density at radius 1 is 1.35 bits per heavy atom. The number of alkyl halides is 3. The first-order valence-electron chi connectivity index (χ1n) is 5.42. The molecule has 8 heteroatoms. The van der Waals surface area contributed by atoms with Crippen LogP contribution in [0.4, 0.5) is 13.2 Å². The minimum atomic E-state index is -4.62. The summed E-state index contributed by atoms with van der Waals surface area (Å²) in [4.78, 5) is 11.0. The number of carboxylic acid groups (broad SMARTS) is 1. The molecule has 0 aliphatic heterocycles. The van der Waals surface area contributed by atoms with Crippen LogP contribution in [-0.4, -0.2) is 21.3 Å². The summed E-state index contributed by atoms with van der Waals surface area (Å²) < 4.78 is 42.8. The van der Waals surface area contributed by atoms with Crippen LogP contribution in [0.1, 0.15) is 21.6 Å². The van der Waals surface area contributed by atoms with E-state index in [-0.39, 0.29) is 11.6 Å². The third-order valence-corrected chi connectivity index (χ3v) is 2.43. The van der Waals surface area contributed by atoms with E-state index in [1.165, 1.54) is 6.07 Å². The Hall–Kier alpha value is -2.51. The average Bonchev–Trinajstić information content (AvgIpc) is 2.73. The highest BCUT2D eigenvalue weighted by Gasteiger charge is 2.32. The average molecular weight is 286 g/mol. The molecule has 1 aromatic carbocycles. The number of benzene rings is 1. The number of aromatic nitrogens is 2. The minimum Gasteiger partial charge on any atom is -0.478 e. The molecule has 0 saturated carbocycles. The van der Waals surface area contributed by atoms with E-state index in [2.05, 4.69) is 10.2 Å². The molecule has 2 aromatic rings. The third-order valence-electron chi connectivity index (χ3n) is 2.43. The Kier molecular flexibility index (Phi) is 3.39. The van der Waals surface area contributed by atoms with Crippen molar-refractivity contribution in [3.8, 4) is 11.6 Å². The minimum absolute atomic E-state index is 0.0739. The molecular formula is C12H9F3N2O3. The van der Waals surface area contributed by atoms with Crippen LogP contribution in [-0.2, 0) is 6.18 Å². The molecule has 0 saturated heterocycles. The van der Waals surface area contributed by atoms with Gasteiger partial charge in [0.15, 0.2) is 0 Å². The molecule has 106 valence electrons. The van der Waals surface area contributed by atoms with Crippen LogP contribution in [0.25, 0.3) is 0 Å². The summed E-state index contributed by atoms with van der Waals surface area (Å²) >= 11 is 0. The number of rotatable bonds is 3. The molecule has 0 bridgehead atoms. The van der Waals surface area contributed by atoms with Gasteiger partial charge in [-0.1, -0.05) is 0 Å². The highest BCUT2D eigenvalue weighted by molar-refractivity contribution is 5.91. The summed E-state index contributed by atoms with van der Waals surface area (Å²) in [7, 11) is 0. The Morgan fingerprint density at radius 3 is 2.55 bits per heavy atom. The number of nitrogens with one attached hydrogen (secondary N) is 1. The molecule has 0 unspecified atom stereocenters. The lowest BCUT2D eigenvalue weighted by Gasteiger charge is -2.10. The van der Waals surface area contributed by atoms with E-state index in [9.17, 15) is 18.0 Å². The number of halogens is 3. The van der Waals surface area contributed by atoms with Crippen LogP contribution in [0.3, 0.4) is 0 Å². The third kappa shape index (κ3) is 2.90. The lowest BCUT2D eigenvalue weighted by molar-refractivity contribution is -0.137. The summed E-state index contributed by atoms with van der Waals surface area (Å²) in [6.07, 6.45) is -4.62. The van der Waals surface area contributed by atoms with Crippen molar-refractivity contribution in [3.05, 3.63) is 41.1 Å². The van der Waals surface area contributed by atoms with Crippen molar-refractivity contribution in [1.82, 2.24) is 10.2 Å². The van der Waals surface area contributed by atoms with E-state index < -0.39 is 23.3 Å². The monoisotopic (exact) mass is 286 g/mol. The van der Waals surface area contributed by atoms with Crippen molar-refractivity contribution >= 4 is 5.97 Å². The summed E-state index contributed by atoms with van der Waals surface area (Å²) in [5.41, 5.74) is -0.968. The zero-order chi connectivity index (χ0) is 14.9. The number of hydrogen-bond acceptors (Lipinski definition) is 3. The van der Waals surface area contributed by atoms with Crippen molar-refractivity contribution in [1.29, 1.82) is 0 Å². The molecule has 20 heavy (non-hydrogen) atoms. The Bertz CT molecular complexity index is 650. The smallest absolute Gasteiger partial charge is 0.416 e. The normalized spacial score (nSPS) is 11.4. The van der Waals surface area contributed by atoms with Crippen molar-refractivity contribution in [3.63, 3.8) is 0 Å². The van der Waals surface area contributed by atoms with Gasteiger partial charge in [0.25, 0.3) is 0 Å². The van der Waals surface area contributed by atoms with Gasteiger partial charge in [0.1, 0.15) is 11.3 Å². The Labute approximate surface area is 111 Å². The van der Waals surface area contributed by atoms with Crippen molar-refractivity contribution < 1.29 is 27.8 Å². The largest absolute Gasteiger partial charge is 0.478 e. The first kappa shape index (κ1) is 13.9. The van der Waals surface area contributed by atoms with Crippen molar-refractivity contribution in [2.75, 3.05) is 0 Å². The second-order valence-corrected chi connectivity index (χ2v) is 4.01. The molecule has 0 spiro atoms. The molecule has 0 aliphatic carbocycles. The van der Waals surface area contributed by atoms with Gasteiger partial charge in [-0.2, -0.15) is 13.2 Å². The van der Waals surface area contributed by atoms with E-state index in [1.807, 2.05) is 0 Å². The lowest BCUT2D eigenvalue weighted by Crippen LogP contribution is -2.08. The number of aromatic carboxylic acids is 1. The first-order chi connectivity index (χ1) is 9.27. The number of carbonyl (C=O) groups is 1. The molecular weight excluding hydrogens is 277 g/mol. The molecule has 0 fully saturated rings. The summed E-state index contributed by atoms with van der Waals surface area (Å²) in [5.74, 6) is -1.65. The first-order valence-corrected chi connectivity index (χ1v) is 5.42. The van der Waals surface area contributed by atoms with Crippen LogP contribution >= 0.6 is 0 Å². The fourth-order valence-corrected chi connectivity index (χ4v) is 1.52. The van der Waals surface area contributed by atoms with Gasteiger partial charge in [0.05, 0.1) is 5.56 Å². The molecule has 0 atom stereocenters. The molecule has 1 heterocycles. The van der Waals surface area contributed by atoms with Gasteiger partial charge in [-0.05, 0) is 25.1 Å². The SMILES string of the molecule is Cc1cc(Oc2ccc(C(F)(F)F)cc2C(=O)O)n[nH]1. The number of ether oxygens (including phenoxy) is 1. The van der Waals surface area contributed by atoms with Gasteiger partial charge >= 0.3 is 12.1 Å². The molecule has 2 rings (SSSR count). The second kappa shape index (κ2) is 4.87. The highest BCUT2D eigenvalue weighted by Crippen LogP contribution is 2.33. The Balaban J connectivity index is 2.40. The Morgan fingerprint density at radius 2 is 2.05 bits per heavy atom. The van der Waals surface area contributed by atoms with Gasteiger partial charge < -0.3 is 9.84 Å². The predicted molar refractivity (Wildman–Crippen MR) is 61.8 cm³/mol. The van der Waals surface area contributed by atoms with E-state index in [1.54, 1.807) is 6.92 Å². The molecule has 1 aromatic heterocycles. The van der Waals surface area contributed by atoms with E-state index in [0.29, 0.717) is 11.8 Å². The van der Waals surface area contributed by atoms with Crippen molar-refractivity contribution in [2.45, 2.75) is 13.1 Å². The fourth-order valence-electron chi connectivity index (χ4n) is 1.52. The van der Waals surface area contributed by atoms with Crippen molar-refractivity contribution in [2.24, 2.45) is 0 Å². The van der Waals surface area contributed by atoms with Gasteiger partial charge in [-0.3, -0.25) is 5.10 Å². The van der Waals surface area contributed by atoms with Gasteiger partial charge in [-0.25, -0.2) is 4.79 Å². The quantitative estimate of drug-likeness (QED) is 0.908. The van der Waals surface area contributed by atoms with Crippen LogP contribution in [0.2, 0.25) is 0 Å². The van der Waals surface area contributed by atoms with Gasteiger partial charge in [-0.15, -0.1) is 5.10 Å². The number of aromatic amines is 1. The van der Waals surface area contributed by atoms with Gasteiger partial charge in [0.2, 0.25) is 5.88 Å².